The molecule has 0 aliphatic heterocycles. The van der Waals surface area contributed by atoms with Gasteiger partial charge in [-0.3, -0.25) is 4.72 Å². The first kappa shape index (κ1) is 16.4. The van der Waals surface area contributed by atoms with Crippen LogP contribution in [0.15, 0.2) is 41.0 Å². The van der Waals surface area contributed by atoms with Crippen molar-refractivity contribution in [3.63, 3.8) is 0 Å². The van der Waals surface area contributed by atoms with E-state index in [0.29, 0.717) is 5.69 Å². The SMILES string of the molecule is Cc1ccc(N[C@@H](C)CCc2ccco2)cc1NS(C)(=O)=O. The van der Waals surface area contributed by atoms with Crippen LogP contribution in [-0.2, 0) is 16.4 Å². The number of furan rings is 1. The fourth-order valence-corrected chi connectivity index (χ4v) is 2.81. The summed E-state index contributed by atoms with van der Waals surface area (Å²) in [6.45, 7) is 3.96. The molecule has 2 aromatic rings. The zero-order valence-electron chi connectivity index (χ0n) is 13.1. The van der Waals surface area contributed by atoms with Gasteiger partial charge in [-0.05, 0) is 50.1 Å². The molecule has 1 heterocycles. The van der Waals surface area contributed by atoms with E-state index in [9.17, 15) is 8.42 Å². The summed E-state index contributed by atoms with van der Waals surface area (Å²) in [6.07, 6.45) is 4.62. The van der Waals surface area contributed by atoms with Gasteiger partial charge in [-0.15, -0.1) is 0 Å². The molecule has 6 heteroatoms. The molecule has 2 N–H and O–H groups in total. The highest BCUT2D eigenvalue weighted by molar-refractivity contribution is 7.92. The number of nitrogens with one attached hydrogen (secondary N) is 2. The van der Waals surface area contributed by atoms with Crippen molar-refractivity contribution in [3.05, 3.63) is 47.9 Å². The van der Waals surface area contributed by atoms with Crippen molar-refractivity contribution in [2.45, 2.75) is 32.7 Å². The van der Waals surface area contributed by atoms with Crippen LogP contribution >= 0.6 is 0 Å². The number of sulfonamides is 1. The second-order valence-electron chi connectivity index (χ2n) is 5.57. The average molecular weight is 322 g/mol. The van der Waals surface area contributed by atoms with Gasteiger partial charge in [0.2, 0.25) is 10.0 Å². The van der Waals surface area contributed by atoms with Gasteiger partial charge in [0.05, 0.1) is 18.2 Å². The van der Waals surface area contributed by atoms with E-state index >= 15 is 0 Å². The lowest BCUT2D eigenvalue weighted by atomic mass is 10.1. The van der Waals surface area contributed by atoms with Crippen molar-refractivity contribution in [2.75, 3.05) is 16.3 Å². The normalized spacial score (nSPS) is 12.9. The quantitative estimate of drug-likeness (QED) is 0.819. The van der Waals surface area contributed by atoms with Gasteiger partial charge in [0, 0.05) is 18.2 Å². The third kappa shape index (κ3) is 5.11. The van der Waals surface area contributed by atoms with Gasteiger partial charge in [0.25, 0.3) is 0 Å². The third-order valence-electron chi connectivity index (χ3n) is 3.35. The van der Waals surface area contributed by atoms with Crippen molar-refractivity contribution >= 4 is 21.4 Å². The molecule has 0 aliphatic carbocycles. The maximum atomic E-state index is 11.4. The van der Waals surface area contributed by atoms with Gasteiger partial charge in [-0.2, -0.15) is 0 Å². The van der Waals surface area contributed by atoms with Crippen LogP contribution in [-0.4, -0.2) is 20.7 Å². The highest BCUT2D eigenvalue weighted by atomic mass is 32.2. The Labute approximate surface area is 131 Å². The Bertz CT molecular complexity index is 709. The lowest BCUT2D eigenvalue weighted by molar-refractivity contribution is 0.495. The number of hydrogen-bond acceptors (Lipinski definition) is 4. The predicted molar refractivity (Wildman–Crippen MR) is 89.8 cm³/mol. The molecular weight excluding hydrogens is 300 g/mol. The molecule has 0 radical (unpaired) electrons. The summed E-state index contributed by atoms with van der Waals surface area (Å²) in [7, 11) is -3.27. The summed E-state index contributed by atoms with van der Waals surface area (Å²) < 4.78 is 30.6. The largest absolute Gasteiger partial charge is 0.469 e. The number of hydrogen-bond donors (Lipinski definition) is 2. The monoisotopic (exact) mass is 322 g/mol. The van der Waals surface area contributed by atoms with Gasteiger partial charge in [0.15, 0.2) is 0 Å². The molecule has 0 amide bonds. The van der Waals surface area contributed by atoms with Crippen LogP contribution in [0.5, 0.6) is 0 Å². The summed E-state index contributed by atoms with van der Waals surface area (Å²) in [5.74, 6) is 0.969. The molecule has 22 heavy (non-hydrogen) atoms. The molecule has 120 valence electrons. The highest BCUT2D eigenvalue weighted by Crippen LogP contribution is 2.22. The van der Waals surface area contributed by atoms with Crippen molar-refractivity contribution < 1.29 is 12.8 Å². The van der Waals surface area contributed by atoms with Crippen LogP contribution in [0.25, 0.3) is 0 Å². The minimum atomic E-state index is -3.27. The Balaban J connectivity index is 1.98. The van der Waals surface area contributed by atoms with Gasteiger partial charge >= 0.3 is 0 Å². The van der Waals surface area contributed by atoms with E-state index in [0.717, 1.165) is 36.1 Å². The van der Waals surface area contributed by atoms with Crippen LogP contribution in [0.1, 0.15) is 24.7 Å². The van der Waals surface area contributed by atoms with Crippen molar-refractivity contribution in [2.24, 2.45) is 0 Å². The van der Waals surface area contributed by atoms with E-state index in [1.54, 1.807) is 6.26 Å². The van der Waals surface area contributed by atoms with Crippen molar-refractivity contribution in [1.29, 1.82) is 0 Å². The second-order valence-corrected chi connectivity index (χ2v) is 7.32. The second kappa shape index (κ2) is 6.87. The van der Waals surface area contributed by atoms with E-state index in [1.165, 1.54) is 0 Å². The maximum Gasteiger partial charge on any atom is 0.229 e. The van der Waals surface area contributed by atoms with Crippen molar-refractivity contribution in [1.82, 2.24) is 0 Å². The lowest BCUT2D eigenvalue weighted by Gasteiger charge is -2.16. The van der Waals surface area contributed by atoms with E-state index in [4.69, 9.17) is 4.42 Å². The number of aryl methyl sites for hydroxylation is 2. The molecule has 1 atom stereocenters. The standard InChI is InChI=1S/C16H22N2O3S/c1-12-6-8-14(11-16(12)18-22(3,19)20)17-13(2)7-9-15-5-4-10-21-15/h4-6,8,10-11,13,17-18H,7,9H2,1-3H3/t13-/m0/s1. The molecule has 0 aliphatic rings. The Morgan fingerprint density at radius 1 is 1.27 bits per heavy atom. The summed E-state index contributed by atoms with van der Waals surface area (Å²) in [5.41, 5.74) is 2.38. The van der Waals surface area contributed by atoms with E-state index in [-0.39, 0.29) is 6.04 Å². The molecule has 0 saturated heterocycles. The Morgan fingerprint density at radius 3 is 2.68 bits per heavy atom. The van der Waals surface area contributed by atoms with Crippen LogP contribution in [0.2, 0.25) is 0 Å². The Kier molecular flexibility index (Phi) is 5.13. The molecule has 0 bridgehead atoms. The molecule has 5 nitrogen and oxygen atoms in total. The molecular formula is C16H22N2O3S. The summed E-state index contributed by atoms with van der Waals surface area (Å²) >= 11 is 0. The molecule has 0 saturated carbocycles. The number of benzene rings is 1. The van der Waals surface area contributed by atoms with Gasteiger partial charge in [0.1, 0.15) is 5.76 Å². The van der Waals surface area contributed by atoms with Crippen LogP contribution < -0.4 is 10.0 Å². The minimum absolute atomic E-state index is 0.249. The van der Waals surface area contributed by atoms with Gasteiger partial charge in [-0.1, -0.05) is 6.07 Å². The van der Waals surface area contributed by atoms with Gasteiger partial charge < -0.3 is 9.73 Å². The van der Waals surface area contributed by atoms with Crippen LogP contribution in [0.4, 0.5) is 11.4 Å². The van der Waals surface area contributed by atoms with E-state index in [1.807, 2.05) is 37.3 Å². The van der Waals surface area contributed by atoms with Crippen molar-refractivity contribution in [3.8, 4) is 0 Å². The van der Waals surface area contributed by atoms with Crippen LogP contribution in [0, 0.1) is 6.92 Å². The zero-order valence-corrected chi connectivity index (χ0v) is 13.9. The zero-order chi connectivity index (χ0) is 16.2. The molecule has 0 fully saturated rings. The summed E-state index contributed by atoms with van der Waals surface area (Å²) in [4.78, 5) is 0. The van der Waals surface area contributed by atoms with Crippen LogP contribution in [0.3, 0.4) is 0 Å². The van der Waals surface area contributed by atoms with E-state index in [2.05, 4.69) is 17.0 Å². The summed E-state index contributed by atoms with van der Waals surface area (Å²) in [5, 5.41) is 3.38. The predicted octanol–water partition coefficient (Wildman–Crippen LogP) is 3.39. The molecule has 0 spiro atoms. The molecule has 1 aromatic heterocycles. The molecule has 0 unspecified atom stereocenters. The molecule has 2 rings (SSSR count). The Hall–Kier alpha value is -1.95. The van der Waals surface area contributed by atoms with Gasteiger partial charge in [-0.25, -0.2) is 8.42 Å². The minimum Gasteiger partial charge on any atom is -0.469 e. The third-order valence-corrected chi connectivity index (χ3v) is 3.94. The smallest absolute Gasteiger partial charge is 0.229 e. The van der Waals surface area contributed by atoms with E-state index < -0.39 is 10.0 Å². The molecule has 1 aromatic carbocycles. The first-order chi connectivity index (χ1) is 10.3. The number of anilines is 2. The Morgan fingerprint density at radius 2 is 2.05 bits per heavy atom. The average Bonchev–Trinajstić information content (AvgIpc) is 2.92. The number of rotatable bonds is 7. The highest BCUT2D eigenvalue weighted by Gasteiger charge is 2.08. The topological polar surface area (TPSA) is 71.3 Å². The lowest BCUT2D eigenvalue weighted by Crippen LogP contribution is -2.16. The summed E-state index contributed by atoms with van der Waals surface area (Å²) in [6, 6.07) is 9.77. The first-order valence-corrected chi connectivity index (χ1v) is 9.10. The maximum absolute atomic E-state index is 11.4. The fourth-order valence-electron chi connectivity index (χ4n) is 2.19. The fraction of sp³-hybridized carbons (Fsp3) is 0.375. The first-order valence-electron chi connectivity index (χ1n) is 7.21.